The minimum atomic E-state index is -3.94. The number of sulfonamides is 1. The van der Waals surface area contributed by atoms with Gasteiger partial charge in [0.25, 0.3) is 10.0 Å². The third-order valence-corrected chi connectivity index (χ3v) is 6.02. The van der Waals surface area contributed by atoms with Crippen LogP contribution in [0.5, 0.6) is 0 Å². The van der Waals surface area contributed by atoms with E-state index >= 15 is 0 Å². The van der Waals surface area contributed by atoms with E-state index in [1.54, 1.807) is 38.1 Å². The van der Waals surface area contributed by atoms with Crippen LogP contribution in [0.15, 0.2) is 46.2 Å². The molecule has 2 rings (SSSR count). The number of rotatable bonds is 7. The highest BCUT2D eigenvalue weighted by Crippen LogP contribution is 2.30. The Kier molecular flexibility index (Phi) is 7.09. The number of anilines is 2. The monoisotopic (exact) mass is 422 g/mol. The Morgan fingerprint density at radius 1 is 1.14 bits per heavy atom. The maximum atomic E-state index is 12.9. The number of nitrogens with one attached hydrogen (secondary N) is 2. The van der Waals surface area contributed by atoms with E-state index in [2.05, 4.69) is 10.0 Å². The normalized spacial score (nSPS) is 11.0. The van der Waals surface area contributed by atoms with Crippen LogP contribution in [0.3, 0.4) is 0 Å². The Hall–Kier alpha value is -2.52. The van der Waals surface area contributed by atoms with Gasteiger partial charge in [-0.2, -0.15) is 0 Å². The van der Waals surface area contributed by atoms with Crippen molar-refractivity contribution >= 4 is 45.0 Å². The van der Waals surface area contributed by atoms with Crippen molar-refractivity contribution in [3.8, 4) is 0 Å². The average molecular weight is 423 g/mol. The molecule has 1 amide bonds. The maximum Gasteiger partial charge on any atom is 0.338 e. The van der Waals surface area contributed by atoms with Gasteiger partial charge in [0, 0.05) is 11.8 Å². The van der Waals surface area contributed by atoms with Crippen molar-refractivity contribution in [2.75, 3.05) is 22.9 Å². The highest BCUT2D eigenvalue weighted by atomic mass is 32.2. The summed E-state index contributed by atoms with van der Waals surface area (Å²) in [5, 5.41) is 2.64. The Morgan fingerprint density at radius 3 is 2.46 bits per heavy atom. The number of thioether (sulfide) groups is 1. The number of benzene rings is 2. The van der Waals surface area contributed by atoms with Crippen LogP contribution in [0.25, 0.3) is 0 Å². The van der Waals surface area contributed by atoms with Crippen LogP contribution < -0.4 is 10.0 Å². The lowest BCUT2D eigenvalue weighted by atomic mass is 10.1. The second kappa shape index (κ2) is 9.11. The summed E-state index contributed by atoms with van der Waals surface area (Å²) in [6.45, 7) is 4.92. The average Bonchev–Trinajstić information content (AvgIpc) is 2.63. The molecule has 0 aromatic heterocycles. The van der Waals surface area contributed by atoms with Gasteiger partial charge in [-0.25, -0.2) is 13.2 Å². The summed E-state index contributed by atoms with van der Waals surface area (Å²) in [6, 6.07) is 9.22. The Morgan fingerprint density at radius 2 is 1.86 bits per heavy atom. The molecular weight excluding hydrogens is 400 g/mol. The van der Waals surface area contributed by atoms with E-state index in [1.807, 2.05) is 6.26 Å². The van der Waals surface area contributed by atoms with E-state index in [0.717, 1.165) is 4.90 Å². The van der Waals surface area contributed by atoms with Crippen molar-refractivity contribution in [2.45, 2.75) is 30.6 Å². The SMILES string of the molecule is CCOC(=O)c1cccc(NS(=O)(=O)c2ccc(SC)c(NC(C)=O)c2)c1C. The second-order valence-electron chi connectivity index (χ2n) is 5.85. The summed E-state index contributed by atoms with van der Waals surface area (Å²) < 4.78 is 33.2. The first kappa shape index (κ1) is 21.8. The summed E-state index contributed by atoms with van der Waals surface area (Å²) >= 11 is 1.39. The molecule has 9 heteroatoms. The van der Waals surface area contributed by atoms with Crippen LogP contribution in [-0.4, -0.2) is 33.2 Å². The summed E-state index contributed by atoms with van der Waals surface area (Å²) in [5.41, 5.74) is 1.45. The quantitative estimate of drug-likeness (QED) is 0.522. The molecular formula is C19H22N2O5S2. The molecule has 28 heavy (non-hydrogen) atoms. The summed E-state index contributed by atoms with van der Waals surface area (Å²) in [5.74, 6) is -0.811. The van der Waals surface area contributed by atoms with Crippen molar-refractivity contribution in [1.29, 1.82) is 0 Å². The fourth-order valence-electron chi connectivity index (χ4n) is 2.52. The first-order valence-electron chi connectivity index (χ1n) is 8.44. The minimum absolute atomic E-state index is 0.00464. The van der Waals surface area contributed by atoms with Crippen LogP contribution in [0.2, 0.25) is 0 Å². The number of hydrogen-bond donors (Lipinski definition) is 2. The largest absolute Gasteiger partial charge is 0.462 e. The zero-order valence-electron chi connectivity index (χ0n) is 16.0. The zero-order valence-corrected chi connectivity index (χ0v) is 17.7. The van der Waals surface area contributed by atoms with Crippen LogP contribution in [0, 0.1) is 6.92 Å². The lowest BCUT2D eigenvalue weighted by Gasteiger charge is -2.15. The van der Waals surface area contributed by atoms with E-state index in [4.69, 9.17) is 4.74 Å². The molecule has 0 saturated heterocycles. The summed E-state index contributed by atoms with van der Waals surface area (Å²) in [4.78, 5) is 24.2. The van der Waals surface area contributed by atoms with E-state index in [-0.39, 0.29) is 23.1 Å². The fraction of sp³-hybridized carbons (Fsp3) is 0.263. The van der Waals surface area contributed by atoms with E-state index < -0.39 is 16.0 Å². The standard InChI is InChI=1S/C19H22N2O5S2/c1-5-26-19(23)15-7-6-8-16(12(15)2)21-28(24,25)14-9-10-18(27-4)17(11-14)20-13(3)22/h6-11,21H,5H2,1-4H3,(H,20,22). The molecule has 0 aliphatic carbocycles. The maximum absolute atomic E-state index is 12.9. The molecule has 2 N–H and O–H groups in total. The smallest absolute Gasteiger partial charge is 0.338 e. The van der Waals surface area contributed by atoms with Gasteiger partial charge < -0.3 is 10.1 Å². The van der Waals surface area contributed by atoms with E-state index in [0.29, 0.717) is 16.8 Å². The lowest BCUT2D eigenvalue weighted by Crippen LogP contribution is -2.16. The molecule has 0 bridgehead atoms. The fourth-order valence-corrected chi connectivity index (χ4v) is 4.20. The van der Waals surface area contributed by atoms with Crippen LogP contribution in [0.4, 0.5) is 11.4 Å². The second-order valence-corrected chi connectivity index (χ2v) is 8.38. The summed E-state index contributed by atoms with van der Waals surface area (Å²) in [6.07, 6.45) is 1.83. The van der Waals surface area contributed by atoms with Gasteiger partial charge >= 0.3 is 5.97 Å². The number of ether oxygens (including phenoxy) is 1. The zero-order chi connectivity index (χ0) is 20.9. The molecule has 0 aliphatic rings. The predicted molar refractivity (Wildman–Crippen MR) is 110 cm³/mol. The first-order chi connectivity index (χ1) is 13.2. The van der Waals surface area contributed by atoms with Gasteiger partial charge in [-0.3, -0.25) is 9.52 Å². The third-order valence-electron chi connectivity index (χ3n) is 3.87. The highest BCUT2D eigenvalue weighted by Gasteiger charge is 2.20. The van der Waals surface area contributed by atoms with Crippen LogP contribution in [-0.2, 0) is 19.6 Å². The van der Waals surface area contributed by atoms with Gasteiger partial charge in [0.05, 0.1) is 28.4 Å². The predicted octanol–water partition coefficient (Wildman–Crippen LogP) is 3.65. The van der Waals surface area contributed by atoms with Crippen molar-refractivity contribution in [2.24, 2.45) is 0 Å². The Balaban J connectivity index is 2.40. The topological polar surface area (TPSA) is 102 Å². The number of amides is 1. The van der Waals surface area contributed by atoms with Gasteiger partial charge in [0.15, 0.2) is 0 Å². The molecule has 0 spiro atoms. The third kappa shape index (κ3) is 5.05. The van der Waals surface area contributed by atoms with Gasteiger partial charge in [-0.1, -0.05) is 6.07 Å². The molecule has 7 nitrogen and oxygen atoms in total. The Labute approximate surface area is 168 Å². The molecule has 0 aliphatic heterocycles. The molecule has 150 valence electrons. The Bertz CT molecular complexity index is 1000. The molecule has 0 atom stereocenters. The molecule has 0 unspecified atom stereocenters. The first-order valence-corrected chi connectivity index (χ1v) is 11.2. The summed E-state index contributed by atoms with van der Waals surface area (Å²) in [7, 11) is -3.94. The van der Waals surface area contributed by atoms with E-state index in [1.165, 1.54) is 30.8 Å². The number of carbonyl (C=O) groups is 2. The van der Waals surface area contributed by atoms with Crippen LogP contribution >= 0.6 is 11.8 Å². The highest BCUT2D eigenvalue weighted by molar-refractivity contribution is 7.98. The molecule has 0 fully saturated rings. The molecule has 0 heterocycles. The minimum Gasteiger partial charge on any atom is -0.462 e. The van der Waals surface area contributed by atoms with Gasteiger partial charge in [0.1, 0.15) is 0 Å². The number of carbonyl (C=O) groups excluding carboxylic acids is 2. The van der Waals surface area contributed by atoms with Crippen LogP contribution in [0.1, 0.15) is 29.8 Å². The van der Waals surface area contributed by atoms with Crippen molar-refractivity contribution in [3.05, 3.63) is 47.5 Å². The van der Waals surface area contributed by atoms with Gasteiger partial charge in [-0.05, 0) is 56.0 Å². The molecule has 0 radical (unpaired) electrons. The molecule has 2 aromatic carbocycles. The number of hydrogen-bond acceptors (Lipinski definition) is 6. The molecule has 0 saturated carbocycles. The van der Waals surface area contributed by atoms with Crippen molar-refractivity contribution in [1.82, 2.24) is 0 Å². The number of esters is 1. The van der Waals surface area contributed by atoms with Gasteiger partial charge in [-0.15, -0.1) is 11.8 Å². The van der Waals surface area contributed by atoms with E-state index in [9.17, 15) is 18.0 Å². The van der Waals surface area contributed by atoms with Crippen molar-refractivity contribution < 1.29 is 22.7 Å². The van der Waals surface area contributed by atoms with Crippen molar-refractivity contribution in [3.63, 3.8) is 0 Å². The lowest BCUT2D eigenvalue weighted by molar-refractivity contribution is -0.114. The van der Waals surface area contributed by atoms with Gasteiger partial charge in [0.2, 0.25) is 5.91 Å². The molecule has 2 aromatic rings.